The molecule has 0 bridgehead atoms. The van der Waals surface area contributed by atoms with Crippen LogP contribution in [0.3, 0.4) is 0 Å². The van der Waals surface area contributed by atoms with Gasteiger partial charge in [0, 0.05) is 37.7 Å². The van der Waals surface area contributed by atoms with Gasteiger partial charge in [0.05, 0.1) is 12.5 Å². The van der Waals surface area contributed by atoms with Gasteiger partial charge in [-0.05, 0) is 51.3 Å². The molecule has 1 aliphatic heterocycles. The second-order valence-corrected chi connectivity index (χ2v) is 7.45. The van der Waals surface area contributed by atoms with E-state index >= 15 is 0 Å². The van der Waals surface area contributed by atoms with E-state index in [1.165, 1.54) is 18.2 Å². The molecule has 160 valence electrons. The standard InChI is InChI=1S/C22H31FN2O4/c1-4-16(3)25(21(27)17-8-6-10-19(23)14-17)13-11-20(26)24-12-7-9-18(15-24)22(28)29-5-2/h6,8,10,14,16,18H,4-5,7,9,11-13,15H2,1-3H3. The Bertz CT molecular complexity index is 725. The highest BCUT2D eigenvalue weighted by molar-refractivity contribution is 5.94. The summed E-state index contributed by atoms with van der Waals surface area (Å²) in [6, 6.07) is 5.52. The third-order valence-electron chi connectivity index (χ3n) is 5.42. The van der Waals surface area contributed by atoms with Crippen molar-refractivity contribution in [3.63, 3.8) is 0 Å². The predicted octanol–water partition coefficient (Wildman–Crippen LogP) is 3.26. The topological polar surface area (TPSA) is 66.9 Å². The molecule has 0 aromatic heterocycles. The van der Waals surface area contributed by atoms with Crippen molar-refractivity contribution in [1.29, 1.82) is 0 Å². The summed E-state index contributed by atoms with van der Waals surface area (Å²) in [4.78, 5) is 40.9. The fourth-order valence-corrected chi connectivity index (χ4v) is 3.56. The molecule has 0 radical (unpaired) electrons. The van der Waals surface area contributed by atoms with Crippen molar-refractivity contribution < 1.29 is 23.5 Å². The summed E-state index contributed by atoms with van der Waals surface area (Å²) >= 11 is 0. The Hall–Kier alpha value is -2.44. The first kappa shape index (κ1) is 22.8. The van der Waals surface area contributed by atoms with Crippen molar-refractivity contribution in [3.8, 4) is 0 Å². The van der Waals surface area contributed by atoms with Gasteiger partial charge in [0.1, 0.15) is 5.82 Å². The quantitative estimate of drug-likeness (QED) is 0.622. The van der Waals surface area contributed by atoms with Crippen LogP contribution in [0.1, 0.15) is 56.8 Å². The lowest BCUT2D eigenvalue weighted by atomic mass is 9.98. The van der Waals surface area contributed by atoms with Gasteiger partial charge in [-0.25, -0.2) is 4.39 Å². The van der Waals surface area contributed by atoms with Crippen LogP contribution in [0.15, 0.2) is 24.3 Å². The maximum atomic E-state index is 13.5. The predicted molar refractivity (Wildman–Crippen MR) is 108 cm³/mol. The van der Waals surface area contributed by atoms with Crippen LogP contribution in [-0.4, -0.2) is 59.9 Å². The molecule has 2 unspecified atom stereocenters. The molecule has 1 aromatic carbocycles. The van der Waals surface area contributed by atoms with Crippen molar-refractivity contribution in [2.45, 2.75) is 52.5 Å². The maximum absolute atomic E-state index is 13.5. The minimum atomic E-state index is -0.464. The Morgan fingerprint density at radius 3 is 2.72 bits per heavy atom. The fraction of sp³-hybridized carbons (Fsp3) is 0.591. The molecule has 2 rings (SSSR count). The van der Waals surface area contributed by atoms with Gasteiger partial charge >= 0.3 is 5.97 Å². The third kappa shape index (κ3) is 6.27. The van der Waals surface area contributed by atoms with Crippen LogP contribution in [0, 0.1) is 11.7 Å². The normalized spacial score (nSPS) is 17.5. The number of benzene rings is 1. The number of esters is 1. The molecule has 6 nitrogen and oxygen atoms in total. The Kier molecular flexibility index (Phi) is 8.61. The van der Waals surface area contributed by atoms with E-state index in [4.69, 9.17) is 4.74 Å². The molecule has 1 aromatic rings. The van der Waals surface area contributed by atoms with Gasteiger partial charge in [-0.3, -0.25) is 14.4 Å². The Morgan fingerprint density at radius 2 is 2.07 bits per heavy atom. The summed E-state index contributed by atoms with van der Waals surface area (Å²) in [6.07, 6.45) is 2.37. The van der Waals surface area contributed by atoms with Crippen molar-refractivity contribution in [3.05, 3.63) is 35.6 Å². The zero-order valence-electron chi connectivity index (χ0n) is 17.5. The van der Waals surface area contributed by atoms with Gasteiger partial charge in [0.25, 0.3) is 5.91 Å². The Labute approximate surface area is 172 Å². The van der Waals surface area contributed by atoms with E-state index in [9.17, 15) is 18.8 Å². The summed E-state index contributed by atoms with van der Waals surface area (Å²) in [5, 5.41) is 0. The van der Waals surface area contributed by atoms with E-state index in [2.05, 4.69) is 0 Å². The molecule has 0 aliphatic carbocycles. The van der Waals surface area contributed by atoms with Crippen molar-refractivity contribution >= 4 is 17.8 Å². The maximum Gasteiger partial charge on any atom is 0.310 e. The van der Waals surface area contributed by atoms with Crippen LogP contribution in [0.5, 0.6) is 0 Å². The van der Waals surface area contributed by atoms with E-state index in [1.807, 2.05) is 13.8 Å². The van der Waals surface area contributed by atoms with Crippen LogP contribution in [0.25, 0.3) is 0 Å². The van der Waals surface area contributed by atoms with Crippen molar-refractivity contribution in [2.75, 3.05) is 26.2 Å². The molecule has 2 amide bonds. The first-order valence-electron chi connectivity index (χ1n) is 10.4. The largest absolute Gasteiger partial charge is 0.466 e. The number of hydrogen-bond donors (Lipinski definition) is 0. The zero-order valence-corrected chi connectivity index (χ0v) is 17.5. The molecule has 7 heteroatoms. The molecule has 0 spiro atoms. The first-order chi connectivity index (χ1) is 13.9. The number of hydrogen-bond acceptors (Lipinski definition) is 4. The van der Waals surface area contributed by atoms with Gasteiger partial charge in [0.15, 0.2) is 0 Å². The molecule has 29 heavy (non-hydrogen) atoms. The smallest absolute Gasteiger partial charge is 0.310 e. The Morgan fingerprint density at radius 1 is 1.31 bits per heavy atom. The summed E-state index contributed by atoms with van der Waals surface area (Å²) in [5.74, 6) is -1.37. The van der Waals surface area contributed by atoms with Gasteiger partial charge < -0.3 is 14.5 Å². The highest BCUT2D eigenvalue weighted by Gasteiger charge is 2.30. The average Bonchev–Trinajstić information content (AvgIpc) is 2.73. The van der Waals surface area contributed by atoms with Gasteiger partial charge in [0.2, 0.25) is 5.91 Å². The molecule has 1 saturated heterocycles. The number of ether oxygens (including phenoxy) is 1. The number of nitrogens with zero attached hydrogens (tertiary/aromatic N) is 2. The highest BCUT2D eigenvalue weighted by atomic mass is 19.1. The lowest BCUT2D eigenvalue weighted by Gasteiger charge is -2.33. The van der Waals surface area contributed by atoms with E-state index in [1.54, 1.807) is 22.8 Å². The van der Waals surface area contributed by atoms with E-state index in [-0.39, 0.29) is 48.3 Å². The molecular weight excluding hydrogens is 375 g/mol. The molecule has 2 atom stereocenters. The molecular formula is C22H31FN2O4. The molecule has 0 saturated carbocycles. The SMILES string of the molecule is CCOC(=O)C1CCCN(C(=O)CCN(C(=O)c2cccc(F)c2)C(C)CC)C1. The summed E-state index contributed by atoms with van der Waals surface area (Å²) in [5.41, 5.74) is 0.276. The van der Waals surface area contributed by atoms with Crippen LogP contribution >= 0.6 is 0 Å². The second-order valence-electron chi connectivity index (χ2n) is 7.45. The van der Waals surface area contributed by atoms with Gasteiger partial charge in [-0.1, -0.05) is 13.0 Å². The number of likely N-dealkylation sites (tertiary alicyclic amines) is 1. The lowest BCUT2D eigenvalue weighted by Crippen LogP contribution is -2.45. The lowest BCUT2D eigenvalue weighted by molar-refractivity contribution is -0.151. The number of piperidine rings is 1. The number of amides is 2. The first-order valence-corrected chi connectivity index (χ1v) is 10.4. The van der Waals surface area contributed by atoms with Gasteiger partial charge in [-0.2, -0.15) is 0 Å². The van der Waals surface area contributed by atoms with Crippen LogP contribution < -0.4 is 0 Å². The zero-order chi connectivity index (χ0) is 21.4. The van der Waals surface area contributed by atoms with Crippen LogP contribution in [0.4, 0.5) is 4.39 Å². The second kappa shape index (κ2) is 10.9. The minimum absolute atomic E-state index is 0.0767. The van der Waals surface area contributed by atoms with E-state index in [0.29, 0.717) is 19.7 Å². The summed E-state index contributed by atoms with van der Waals surface area (Å²) in [6.45, 7) is 7.20. The number of rotatable bonds is 8. The number of carbonyl (C=O) groups is 3. The summed E-state index contributed by atoms with van der Waals surface area (Å²) < 4.78 is 18.6. The van der Waals surface area contributed by atoms with Crippen LogP contribution in [-0.2, 0) is 14.3 Å². The molecule has 0 N–H and O–H groups in total. The number of carbonyl (C=O) groups excluding carboxylic acids is 3. The van der Waals surface area contributed by atoms with Gasteiger partial charge in [-0.15, -0.1) is 0 Å². The minimum Gasteiger partial charge on any atom is -0.466 e. The van der Waals surface area contributed by atoms with E-state index in [0.717, 1.165) is 19.3 Å². The van der Waals surface area contributed by atoms with Crippen LogP contribution in [0.2, 0.25) is 0 Å². The Balaban J connectivity index is 2.00. The highest BCUT2D eigenvalue weighted by Crippen LogP contribution is 2.19. The van der Waals surface area contributed by atoms with Crippen molar-refractivity contribution in [1.82, 2.24) is 9.80 Å². The third-order valence-corrected chi connectivity index (χ3v) is 5.42. The van der Waals surface area contributed by atoms with Crippen molar-refractivity contribution in [2.24, 2.45) is 5.92 Å². The fourth-order valence-electron chi connectivity index (χ4n) is 3.56. The monoisotopic (exact) mass is 406 g/mol. The molecule has 1 heterocycles. The molecule has 1 fully saturated rings. The van der Waals surface area contributed by atoms with E-state index < -0.39 is 5.82 Å². The number of halogens is 1. The summed E-state index contributed by atoms with van der Waals surface area (Å²) in [7, 11) is 0. The molecule has 1 aliphatic rings. The average molecular weight is 406 g/mol.